The van der Waals surface area contributed by atoms with Gasteiger partial charge in [-0.3, -0.25) is 0 Å². The van der Waals surface area contributed by atoms with Crippen LogP contribution in [0, 0.1) is 11.8 Å². The van der Waals surface area contributed by atoms with E-state index in [4.69, 9.17) is 33.2 Å². The van der Waals surface area contributed by atoms with E-state index in [2.05, 4.69) is 0 Å². The van der Waals surface area contributed by atoms with Crippen LogP contribution in [0.25, 0.3) is 0 Å². The van der Waals surface area contributed by atoms with Gasteiger partial charge in [0.2, 0.25) is 18.3 Å². The Bertz CT molecular complexity index is 903. The molecule has 0 amide bonds. The van der Waals surface area contributed by atoms with E-state index in [1.807, 2.05) is 24.3 Å². The molecule has 0 spiro atoms. The zero-order valence-corrected chi connectivity index (χ0v) is 18.2. The molecule has 0 bridgehead atoms. The van der Waals surface area contributed by atoms with Crippen LogP contribution in [0.1, 0.15) is 17.2 Å². The monoisotopic (exact) mass is 432 g/mol. The number of hydrogen-bond donors (Lipinski definition) is 1. The molecule has 4 rings (SSSR count). The molecule has 0 aliphatic carbocycles. The van der Waals surface area contributed by atoms with Crippen molar-refractivity contribution in [1.29, 1.82) is 0 Å². The summed E-state index contributed by atoms with van der Waals surface area (Å²) in [7, 11) is 6.36. The zero-order chi connectivity index (χ0) is 22.0. The molecular weight excluding hydrogens is 404 g/mol. The maximum atomic E-state index is 10.2. The van der Waals surface area contributed by atoms with Crippen molar-refractivity contribution in [3.63, 3.8) is 0 Å². The number of fused-ring (bicyclic) bond motifs is 1. The van der Waals surface area contributed by atoms with E-state index in [1.54, 1.807) is 28.4 Å². The zero-order valence-electron chi connectivity index (χ0n) is 18.2. The first-order chi connectivity index (χ1) is 15.1. The molecule has 8 heteroatoms. The fraction of sp³-hybridized carbons (Fsp3) is 0.478. The number of rotatable bonds is 8. The van der Waals surface area contributed by atoms with Crippen LogP contribution >= 0.6 is 0 Å². The quantitative estimate of drug-likeness (QED) is 0.682. The molecule has 1 saturated heterocycles. The van der Waals surface area contributed by atoms with Gasteiger partial charge in [-0.15, -0.1) is 0 Å². The van der Waals surface area contributed by atoms with E-state index < -0.39 is 0 Å². The van der Waals surface area contributed by atoms with Crippen molar-refractivity contribution >= 4 is 0 Å². The van der Waals surface area contributed by atoms with Crippen LogP contribution < -0.4 is 28.4 Å². The molecule has 2 aliphatic heterocycles. The fourth-order valence-electron chi connectivity index (χ4n) is 4.39. The summed E-state index contributed by atoms with van der Waals surface area (Å²) in [5, 5.41) is 10.2. The smallest absolute Gasteiger partial charge is 0.231 e. The van der Waals surface area contributed by atoms with Crippen LogP contribution in [-0.2, 0) is 11.2 Å². The van der Waals surface area contributed by atoms with Gasteiger partial charge in [0.15, 0.2) is 23.0 Å². The van der Waals surface area contributed by atoms with Gasteiger partial charge in [-0.2, -0.15) is 0 Å². The number of methoxy groups -OCH3 is 4. The van der Waals surface area contributed by atoms with Gasteiger partial charge in [-0.1, -0.05) is 0 Å². The lowest BCUT2D eigenvalue weighted by atomic mass is 9.84. The molecule has 1 N–H and O–H groups in total. The summed E-state index contributed by atoms with van der Waals surface area (Å²) in [6, 6.07) is 7.67. The lowest BCUT2D eigenvalue weighted by molar-refractivity contribution is 0.0716. The minimum absolute atomic E-state index is 0.00346. The van der Waals surface area contributed by atoms with Crippen molar-refractivity contribution in [2.24, 2.45) is 11.8 Å². The number of ether oxygens (including phenoxy) is 7. The van der Waals surface area contributed by atoms with Crippen molar-refractivity contribution in [3.8, 4) is 34.5 Å². The largest absolute Gasteiger partial charge is 0.493 e. The Morgan fingerprint density at radius 1 is 0.903 bits per heavy atom. The van der Waals surface area contributed by atoms with E-state index in [0.29, 0.717) is 47.5 Å². The second kappa shape index (κ2) is 9.11. The van der Waals surface area contributed by atoms with Crippen LogP contribution in [0.2, 0.25) is 0 Å². The molecule has 31 heavy (non-hydrogen) atoms. The van der Waals surface area contributed by atoms with Crippen LogP contribution in [0.5, 0.6) is 34.5 Å². The summed E-state index contributed by atoms with van der Waals surface area (Å²) in [6.07, 6.45) is 0.417. The summed E-state index contributed by atoms with van der Waals surface area (Å²) in [4.78, 5) is 0. The summed E-state index contributed by atoms with van der Waals surface area (Å²) in [5.74, 6) is 3.60. The van der Waals surface area contributed by atoms with Crippen LogP contribution in [0.4, 0.5) is 0 Å². The highest BCUT2D eigenvalue weighted by atomic mass is 16.7. The highest BCUT2D eigenvalue weighted by molar-refractivity contribution is 5.56. The van der Waals surface area contributed by atoms with E-state index in [-0.39, 0.29) is 31.3 Å². The Kier molecular flexibility index (Phi) is 6.29. The molecule has 0 radical (unpaired) electrons. The summed E-state index contributed by atoms with van der Waals surface area (Å²) >= 11 is 0. The summed E-state index contributed by atoms with van der Waals surface area (Å²) in [6.45, 7) is 0.674. The second-order valence-corrected chi connectivity index (χ2v) is 7.56. The van der Waals surface area contributed by atoms with Crippen LogP contribution in [0.15, 0.2) is 24.3 Å². The average Bonchev–Trinajstić information content (AvgIpc) is 3.44. The van der Waals surface area contributed by atoms with E-state index in [1.165, 1.54) is 0 Å². The maximum Gasteiger partial charge on any atom is 0.231 e. The van der Waals surface area contributed by atoms with Crippen molar-refractivity contribution in [3.05, 3.63) is 35.4 Å². The third-order valence-corrected chi connectivity index (χ3v) is 5.93. The van der Waals surface area contributed by atoms with Crippen molar-refractivity contribution in [2.45, 2.75) is 12.5 Å². The van der Waals surface area contributed by atoms with Crippen molar-refractivity contribution in [2.75, 3.05) is 48.4 Å². The first-order valence-electron chi connectivity index (χ1n) is 10.1. The minimum Gasteiger partial charge on any atom is -0.493 e. The van der Waals surface area contributed by atoms with Crippen molar-refractivity contribution < 1.29 is 38.3 Å². The maximum absolute atomic E-state index is 10.2. The molecular formula is C23H28O8. The fourth-order valence-corrected chi connectivity index (χ4v) is 4.39. The highest BCUT2D eigenvalue weighted by Crippen LogP contribution is 2.48. The standard InChI is InChI=1S/C23H28O8/c1-25-17-6-13(7-18(26-2)22(17)28-4)5-15-11-29-21(16(15)10-24)14-8-19(27-3)23-20(9-14)30-12-31-23/h6-9,15-16,21,24H,5,10-12H2,1-4H3/t15-,16-,21+/m0/s1. The number of hydrogen-bond acceptors (Lipinski definition) is 8. The normalized spacial score (nSPS) is 21.8. The first-order valence-corrected chi connectivity index (χ1v) is 10.1. The predicted molar refractivity (Wildman–Crippen MR) is 112 cm³/mol. The van der Waals surface area contributed by atoms with Crippen LogP contribution in [-0.4, -0.2) is 53.6 Å². The predicted octanol–water partition coefficient (Wildman–Crippen LogP) is 2.99. The third kappa shape index (κ3) is 3.93. The van der Waals surface area contributed by atoms with Gasteiger partial charge in [0.25, 0.3) is 0 Å². The van der Waals surface area contributed by atoms with Gasteiger partial charge in [0, 0.05) is 12.5 Å². The van der Waals surface area contributed by atoms with Gasteiger partial charge in [0.05, 0.1) is 41.2 Å². The molecule has 0 unspecified atom stereocenters. The minimum atomic E-state index is -0.277. The van der Waals surface area contributed by atoms with Gasteiger partial charge in [-0.05, 0) is 47.7 Å². The summed E-state index contributed by atoms with van der Waals surface area (Å²) < 4.78 is 39.0. The molecule has 8 nitrogen and oxygen atoms in total. The Labute approximate surface area is 181 Å². The van der Waals surface area contributed by atoms with Crippen molar-refractivity contribution in [1.82, 2.24) is 0 Å². The SMILES string of the molecule is COc1cc(C[C@H]2CO[C@H](c3cc(OC)c4c(c3)OCO4)[C@H]2CO)cc(OC)c1OC. The topological polar surface area (TPSA) is 84.8 Å². The number of aliphatic hydroxyl groups excluding tert-OH is 1. The molecule has 2 heterocycles. The highest BCUT2D eigenvalue weighted by Gasteiger charge is 2.39. The van der Waals surface area contributed by atoms with Gasteiger partial charge >= 0.3 is 0 Å². The Morgan fingerprint density at radius 2 is 1.61 bits per heavy atom. The van der Waals surface area contributed by atoms with Crippen LogP contribution in [0.3, 0.4) is 0 Å². The number of benzene rings is 2. The molecule has 168 valence electrons. The molecule has 1 fully saturated rings. The van der Waals surface area contributed by atoms with Gasteiger partial charge < -0.3 is 38.3 Å². The third-order valence-electron chi connectivity index (χ3n) is 5.93. The molecule has 2 aromatic carbocycles. The average molecular weight is 432 g/mol. The lowest BCUT2D eigenvalue weighted by Gasteiger charge is -2.22. The summed E-state index contributed by atoms with van der Waals surface area (Å²) in [5.41, 5.74) is 1.91. The Morgan fingerprint density at radius 3 is 2.23 bits per heavy atom. The van der Waals surface area contributed by atoms with E-state index in [9.17, 15) is 5.11 Å². The van der Waals surface area contributed by atoms with E-state index >= 15 is 0 Å². The molecule has 0 saturated carbocycles. The number of aliphatic hydroxyl groups is 1. The molecule has 0 aromatic heterocycles. The molecule has 2 aliphatic rings. The Balaban J connectivity index is 1.59. The van der Waals surface area contributed by atoms with Gasteiger partial charge in [0.1, 0.15) is 0 Å². The first kappa shape index (κ1) is 21.4. The second-order valence-electron chi connectivity index (χ2n) is 7.56. The molecule has 3 atom stereocenters. The Hall–Kier alpha value is -2.84. The molecule has 2 aromatic rings. The lowest BCUT2D eigenvalue weighted by Crippen LogP contribution is -2.21. The van der Waals surface area contributed by atoms with E-state index in [0.717, 1.165) is 11.1 Å². The van der Waals surface area contributed by atoms with Gasteiger partial charge in [-0.25, -0.2) is 0 Å².